The van der Waals surface area contributed by atoms with E-state index in [1.54, 1.807) is 0 Å². The van der Waals surface area contributed by atoms with E-state index in [4.69, 9.17) is 0 Å². The maximum Gasteiger partial charge on any atom is 0.0210 e. The van der Waals surface area contributed by atoms with Crippen molar-refractivity contribution in [2.45, 2.75) is 57.2 Å². The molecular formula is C12H22N2. The van der Waals surface area contributed by atoms with Gasteiger partial charge in [0.15, 0.2) is 0 Å². The molecule has 0 spiro atoms. The molecule has 2 heteroatoms. The molecule has 2 nitrogen and oxygen atoms in total. The molecule has 0 amide bonds. The van der Waals surface area contributed by atoms with Gasteiger partial charge in [0.25, 0.3) is 0 Å². The number of nitrogens with zero attached hydrogens (tertiary/aromatic N) is 1. The molecule has 0 aromatic rings. The lowest BCUT2D eigenvalue weighted by Crippen LogP contribution is -2.48. The Hall–Kier alpha value is -0.0800. The second-order valence-corrected chi connectivity index (χ2v) is 5.54. The summed E-state index contributed by atoms with van der Waals surface area (Å²) in [6.07, 6.45) is 7.18. The topological polar surface area (TPSA) is 15.3 Å². The molecule has 0 aromatic heterocycles. The van der Waals surface area contributed by atoms with Gasteiger partial charge in [-0.25, -0.2) is 0 Å². The Morgan fingerprint density at radius 2 is 1.93 bits per heavy atom. The summed E-state index contributed by atoms with van der Waals surface area (Å²) < 4.78 is 0. The summed E-state index contributed by atoms with van der Waals surface area (Å²) in [5.41, 5.74) is 0. The van der Waals surface area contributed by atoms with Gasteiger partial charge in [-0.2, -0.15) is 0 Å². The zero-order valence-electron chi connectivity index (χ0n) is 9.21. The van der Waals surface area contributed by atoms with Crippen molar-refractivity contribution >= 4 is 0 Å². The first-order valence-corrected chi connectivity index (χ1v) is 6.33. The molecule has 1 saturated heterocycles. The van der Waals surface area contributed by atoms with Gasteiger partial charge in [-0.3, -0.25) is 4.90 Å². The third-order valence-corrected chi connectivity index (χ3v) is 4.35. The summed E-state index contributed by atoms with van der Waals surface area (Å²) in [6.45, 7) is 5.06. The molecule has 3 atom stereocenters. The van der Waals surface area contributed by atoms with Crippen molar-refractivity contribution in [3.63, 3.8) is 0 Å². The number of nitrogens with one attached hydrogen (secondary N) is 1. The minimum absolute atomic E-state index is 0.809. The predicted molar refractivity (Wildman–Crippen MR) is 58.3 cm³/mol. The van der Waals surface area contributed by atoms with Gasteiger partial charge in [-0.05, 0) is 38.0 Å². The Bertz CT molecular complexity index is 212. The summed E-state index contributed by atoms with van der Waals surface area (Å²) in [4.78, 5) is 2.70. The molecular weight excluding hydrogens is 172 g/mol. The average molecular weight is 194 g/mol. The van der Waals surface area contributed by atoms with Crippen LogP contribution in [0.4, 0.5) is 0 Å². The Morgan fingerprint density at radius 3 is 2.50 bits per heavy atom. The van der Waals surface area contributed by atoms with Crippen LogP contribution < -0.4 is 5.32 Å². The fraction of sp³-hybridized carbons (Fsp3) is 1.00. The summed E-state index contributed by atoms with van der Waals surface area (Å²) in [7, 11) is 0. The maximum atomic E-state index is 3.84. The van der Waals surface area contributed by atoms with Crippen LogP contribution in [0.2, 0.25) is 0 Å². The molecule has 0 bridgehead atoms. The third kappa shape index (κ3) is 1.70. The summed E-state index contributed by atoms with van der Waals surface area (Å²) in [5.74, 6) is 0.935. The minimum atomic E-state index is 0.809. The molecule has 3 aliphatic rings. The monoisotopic (exact) mass is 194 g/mol. The quantitative estimate of drug-likeness (QED) is 0.734. The maximum absolute atomic E-state index is 3.84. The number of rotatable bonds is 3. The zero-order chi connectivity index (χ0) is 9.54. The van der Waals surface area contributed by atoms with Crippen molar-refractivity contribution in [1.29, 1.82) is 0 Å². The molecule has 2 saturated carbocycles. The highest BCUT2D eigenvalue weighted by Gasteiger charge is 2.36. The van der Waals surface area contributed by atoms with Crippen LogP contribution in [-0.4, -0.2) is 36.1 Å². The van der Waals surface area contributed by atoms with Crippen LogP contribution in [0.1, 0.15) is 39.0 Å². The SMILES string of the molecule is CC1CCC1NC1CCN(C2CC2)C1. The molecule has 3 rings (SSSR count). The lowest BCUT2D eigenvalue weighted by molar-refractivity contribution is 0.206. The Balaban J connectivity index is 1.45. The van der Waals surface area contributed by atoms with Gasteiger partial charge in [0.1, 0.15) is 0 Å². The molecule has 0 aromatic carbocycles. The van der Waals surface area contributed by atoms with Crippen LogP contribution in [0.5, 0.6) is 0 Å². The fourth-order valence-electron chi connectivity index (χ4n) is 2.91. The van der Waals surface area contributed by atoms with Gasteiger partial charge < -0.3 is 5.32 Å². The van der Waals surface area contributed by atoms with E-state index in [0.29, 0.717) is 0 Å². The van der Waals surface area contributed by atoms with Crippen molar-refractivity contribution in [3.05, 3.63) is 0 Å². The number of hydrogen-bond acceptors (Lipinski definition) is 2. The van der Waals surface area contributed by atoms with Gasteiger partial charge in [-0.1, -0.05) is 6.92 Å². The van der Waals surface area contributed by atoms with Crippen LogP contribution >= 0.6 is 0 Å². The van der Waals surface area contributed by atoms with E-state index in [0.717, 1.165) is 24.0 Å². The van der Waals surface area contributed by atoms with Crippen LogP contribution in [0, 0.1) is 5.92 Å². The molecule has 0 radical (unpaired) electrons. The summed E-state index contributed by atoms with van der Waals surface area (Å²) in [6, 6.07) is 2.63. The Labute approximate surface area is 87.0 Å². The zero-order valence-corrected chi connectivity index (χ0v) is 9.21. The molecule has 1 aliphatic heterocycles. The second-order valence-electron chi connectivity index (χ2n) is 5.54. The van der Waals surface area contributed by atoms with Gasteiger partial charge in [-0.15, -0.1) is 0 Å². The standard InChI is InChI=1S/C12H22N2/c1-9-2-5-12(9)13-10-6-7-14(8-10)11-3-4-11/h9-13H,2-8H2,1H3. The van der Waals surface area contributed by atoms with E-state index in [1.807, 2.05) is 0 Å². The highest BCUT2D eigenvalue weighted by Crippen LogP contribution is 2.31. The van der Waals surface area contributed by atoms with Crippen LogP contribution in [-0.2, 0) is 0 Å². The minimum Gasteiger partial charge on any atom is -0.310 e. The van der Waals surface area contributed by atoms with Gasteiger partial charge in [0, 0.05) is 31.2 Å². The van der Waals surface area contributed by atoms with Crippen molar-refractivity contribution in [2.75, 3.05) is 13.1 Å². The fourth-order valence-corrected chi connectivity index (χ4v) is 2.91. The second kappa shape index (κ2) is 3.49. The summed E-state index contributed by atoms with van der Waals surface area (Å²) in [5, 5.41) is 3.84. The van der Waals surface area contributed by atoms with E-state index in [-0.39, 0.29) is 0 Å². The van der Waals surface area contributed by atoms with E-state index >= 15 is 0 Å². The lowest BCUT2D eigenvalue weighted by Gasteiger charge is -2.36. The highest BCUT2D eigenvalue weighted by molar-refractivity contribution is 4.94. The van der Waals surface area contributed by atoms with E-state index in [9.17, 15) is 0 Å². The largest absolute Gasteiger partial charge is 0.310 e. The normalized spacial score (nSPS) is 43.9. The first-order valence-electron chi connectivity index (χ1n) is 6.33. The van der Waals surface area contributed by atoms with Crippen molar-refractivity contribution < 1.29 is 0 Å². The molecule has 2 aliphatic carbocycles. The molecule has 80 valence electrons. The van der Waals surface area contributed by atoms with Gasteiger partial charge >= 0.3 is 0 Å². The molecule has 1 N–H and O–H groups in total. The van der Waals surface area contributed by atoms with E-state index in [1.165, 1.54) is 45.2 Å². The lowest BCUT2D eigenvalue weighted by atomic mass is 9.81. The molecule has 14 heavy (non-hydrogen) atoms. The molecule has 3 fully saturated rings. The third-order valence-electron chi connectivity index (χ3n) is 4.35. The van der Waals surface area contributed by atoms with Crippen molar-refractivity contribution in [1.82, 2.24) is 10.2 Å². The van der Waals surface area contributed by atoms with Crippen molar-refractivity contribution in [3.8, 4) is 0 Å². The smallest absolute Gasteiger partial charge is 0.0210 e. The number of likely N-dealkylation sites (tertiary alicyclic amines) is 1. The first kappa shape index (κ1) is 9.17. The van der Waals surface area contributed by atoms with Crippen molar-refractivity contribution in [2.24, 2.45) is 5.92 Å². The number of hydrogen-bond donors (Lipinski definition) is 1. The Morgan fingerprint density at radius 1 is 1.07 bits per heavy atom. The molecule has 3 unspecified atom stereocenters. The van der Waals surface area contributed by atoms with Crippen LogP contribution in [0.25, 0.3) is 0 Å². The van der Waals surface area contributed by atoms with E-state index < -0.39 is 0 Å². The predicted octanol–water partition coefficient (Wildman–Crippen LogP) is 1.61. The first-order chi connectivity index (χ1) is 6.83. The van der Waals surface area contributed by atoms with Crippen LogP contribution in [0.15, 0.2) is 0 Å². The van der Waals surface area contributed by atoms with Crippen LogP contribution in [0.3, 0.4) is 0 Å². The highest BCUT2D eigenvalue weighted by atomic mass is 15.2. The Kier molecular flexibility index (Phi) is 2.29. The summed E-state index contributed by atoms with van der Waals surface area (Å²) >= 11 is 0. The van der Waals surface area contributed by atoms with Gasteiger partial charge in [0.2, 0.25) is 0 Å². The molecule has 1 heterocycles. The van der Waals surface area contributed by atoms with Gasteiger partial charge in [0.05, 0.1) is 0 Å². The average Bonchev–Trinajstić information content (AvgIpc) is 2.93. The van der Waals surface area contributed by atoms with E-state index in [2.05, 4.69) is 17.1 Å².